The molecule has 0 radical (unpaired) electrons. The van der Waals surface area contributed by atoms with Gasteiger partial charge in [0.05, 0.1) is 43.2 Å². The van der Waals surface area contributed by atoms with Crippen LogP contribution in [0.2, 0.25) is 0 Å². The Morgan fingerprint density at radius 1 is 0.594 bits per heavy atom. The van der Waals surface area contributed by atoms with E-state index in [0.717, 1.165) is 44.7 Å². The molecule has 0 bridgehead atoms. The van der Waals surface area contributed by atoms with Crippen molar-refractivity contribution in [2.75, 3.05) is 52.0 Å². The first kappa shape index (κ1) is 38.3. The summed E-state index contributed by atoms with van der Waals surface area (Å²) in [6.45, 7) is -31.5. The van der Waals surface area contributed by atoms with Gasteiger partial charge in [-0.15, -0.1) is 0 Å². The third kappa shape index (κ3) is 18.8. The predicted octanol–water partition coefficient (Wildman–Crippen LogP) is 15.2. The topological polar surface area (TPSA) is 117 Å². The first-order valence-electron chi connectivity index (χ1n) is 46.5. The molecule has 0 aliphatic heterocycles. The molecule has 2 amide bonds. The molecule has 2 aromatic heterocycles. The Morgan fingerprint density at radius 2 is 1.09 bits per heavy atom. The summed E-state index contributed by atoms with van der Waals surface area (Å²) >= 11 is 1.18. The van der Waals surface area contributed by atoms with E-state index in [4.69, 9.17) is 39.8 Å². The van der Waals surface area contributed by atoms with Crippen LogP contribution in [0.25, 0.3) is 22.3 Å². The smallest absolute Gasteiger partial charge is 0.336 e. The number of fused-ring (bicyclic) bond motifs is 2. The number of amides is 2. The molecule has 0 saturated heterocycles. The van der Waals surface area contributed by atoms with E-state index in [-0.39, 0.29) is 42.6 Å². The summed E-state index contributed by atoms with van der Waals surface area (Å²) < 4.78 is 424. The SMILES string of the molecule is [2H]C([2H])(C)N(C([2H])([2H])C)C([2H])([2H])C([2H])([2H])N(C(=O)Cn1c(SCc2ccc(F)cc2)nc(=O)c2c1CCC2)C([2H])(C)c1ccc(-c2ccc(C(F)(F)F)cc2)cc1.[2H]c1c([2H])c(CSc2nc(=O)c3c(n2CC(=O)N(C([2H])([2H])c2c([2H])c([2H])c(-c4c([2H])c([2H])c(C(F)(F)F)c([2H])c4[2H])c([2H])c2[2H])C([2H])([2H])C([2H])([2H])N(C([2H])([2H])C)C([2H])([2H])C)C([2H])([2H])C([2H])(C)C3([2H])[2H])c([2H])c([2H])c1F. The van der Waals surface area contributed by atoms with Crippen LogP contribution in [0.5, 0.6) is 0 Å². The highest BCUT2D eigenvalue weighted by Gasteiger charge is 2.33. The van der Waals surface area contributed by atoms with Gasteiger partial charge >= 0.3 is 12.4 Å². The zero-order chi connectivity index (χ0) is 101. The largest absolute Gasteiger partial charge is 0.416 e. The fraction of sp³-hybridized carbons (Fsp3) is 0.378. The highest BCUT2D eigenvalue weighted by molar-refractivity contribution is 7.98. The van der Waals surface area contributed by atoms with Crippen molar-refractivity contribution in [3.8, 4) is 22.3 Å². The Kier molecular flexibility index (Phi) is 13.1. The summed E-state index contributed by atoms with van der Waals surface area (Å²) in [7, 11) is 0. The van der Waals surface area contributed by atoms with Gasteiger partial charge in [0.25, 0.3) is 11.1 Å². The van der Waals surface area contributed by atoms with Gasteiger partial charge in [0, 0.05) is 89.8 Å². The van der Waals surface area contributed by atoms with Crippen LogP contribution < -0.4 is 11.1 Å². The first-order valence-corrected chi connectivity index (χ1v) is 30.5. The number of thioether (sulfide) groups is 2. The zero-order valence-electron chi connectivity index (χ0n) is 87.4. The van der Waals surface area contributed by atoms with Gasteiger partial charge < -0.3 is 28.7 Å². The molecule has 12 nitrogen and oxygen atoms in total. The number of likely N-dealkylation sites (N-methyl/N-ethyl adjacent to an activating group) is 2. The van der Waals surface area contributed by atoms with E-state index in [1.165, 1.54) is 65.2 Å². The van der Waals surface area contributed by atoms with Crippen molar-refractivity contribution in [3.05, 3.63) is 234 Å². The Labute approximate surface area is 614 Å². The minimum absolute atomic E-state index is 0.0136. The third-order valence-electron chi connectivity index (χ3n) is 14.0. The molecule has 6 aromatic carbocycles. The number of halogens is 8. The van der Waals surface area contributed by atoms with Gasteiger partial charge in [-0.3, -0.25) is 19.2 Å². The molecular formula is C74H80F8N8O4S2. The molecule has 0 saturated carbocycles. The number of benzene rings is 6. The van der Waals surface area contributed by atoms with Gasteiger partial charge in [-0.25, -0.2) is 8.78 Å². The average molecular weight is 1400 g/mol. The average Bonchev–Trinajstić information content (AvgIpc) is 1.39. The van der Waals surface area contributed by atoms with Crippen molar-refractivity contribution in [2.24, 2.45) is 5.89 Å². The quantitative estimate of drug-likeness (QED) is 0.0295. The summed E-state index contributed by atoms with van der Waals surface area (Å²) in [5.74, 6) is -9.33. The number of aromatic nitrogens is 4. The lowest BCUT2D eigenvalue weighted by Crippen LogP contribution is -2.42. The van der Waals surface area contributed by atoms with E-state index in [2.05, 4.69) is 9.97 Å². The van der Waals surface area contributed by atoms with Crippen molar-refractivity contribution in [2.45, 2.75) is 133 Å². The summed E-state index contributed by atoms with van der Waals surface area (Å²) in [6, 6.07) is -4.93. The second-order valence-corrected chi connectivity index (χ2v) is 22.1. The molecule has 0 spiro atoms. The Morgan fingerprint density at radius 3 is 1.66 bits per heavy atom. The molecule has 2 aliphatic rings. The van der Waals surface area contributed by atoms with Crippen LogP contribution in [0, 0.1) is 17.5 Å². The number of carbonyl (C=O) groups excluding carboxylic acids is 2. The molecule has 508 valence electrons. The summed E-state index contributed by atoms with van der Waals surface area (Å²) in [5, 5.41) is -0.956. The van der Waals surface area contributed by atoms with Crippen LogP contribution in [-0.4, -0.2) is 102 Å². The normalized spacial score (nSPS) is 22.9. The summed E-state index contributed by atoms with van der Waals surface area (Å²) in [6.07, 6.45) is -15.7. The fourth-order valence-electron chi connectivity index (χ4n) is 9.17. The van der Waals surface area contributed by atoms with Gasteiger partial charge in [-0.1, -0.05) is 155 Å². The van der Waals surface area contributed by atoms with Crippen LogP contribution in [-0.2, 0) is 78.6 Å². The van der Waals surface area contributed by atoms with E-state index in [1.54, 1.807) is 0 Å². The van der Waals surface area contributed by atoms with Crippen molar-refractivity contribution in [1.82, 2.24) is 38.7 Å². The standard InChI is InChI=1S/2C37H40F4N4O2S/c1-4-43(5-2)18-19-44(22-26-6-10-28(11-7-26)29-12-14-30(15-13-29)37(39,40)41)34(46)23-45-33-21-25(3)20-32(33)35(47)42-36(45)48-24-27-8-16-31(38)17-9-27;1-4-43(5-2)21-22-44(25(3)27-11-13-28(14-12-27)29-15-17-30(18-16-29)37(39,40)41)34(46)23-45-33-8-6-7-32(33)35(47)42-36(45)48-24-26-9-19-31(38)20-10-26/h6-17,25H,4-5,18-24H2,1-3H3;9-20,25H,4-8,21-24H2,1-3H3/i4D2,5D2,6D,7D,8D,9D,10D,11D,12D,13D,14D,15D,16D,17D,18D2,19D2,20D2,21D2,22D2,25D;4D2,5D2,21D2,22D2,25D. The monoisotopic (exact) mass is 1400 g/mol. The first-order chi connectivity index (χ1) is 59.6. The molecular weight excluding hydrogens is 1280 g/mol. The Bertz CT molecular complexity index is 5880. The fourth-order valence-corrected chi connectivity index (χ4v) is 11.0. The molecule has 22 heteroatoms. The molecule has 2 heterocycles. The van der Waals surface area contributed by atoms with Gasteiger partial charge in [0.1, 0.15) is 24.7 Å². The minimum Gasteiger partial charge on any atom is -0.336 e. The number of carbonyl (C=O) groups is 2. The van der Waals surface area contributed by atoms with Gasteiger partial charge in [0.2, 0.25) is 11.8 Å². The highest BCUT2D eigenvalue weighted by atomic mass is 32.2. The number of nitrogens with zero attached hydrogens (tertiary/aromatic N) is 8. The maximum absolute atomic E-state index is 15.3. The van der Waals surface area contributed by atoms with Crippen LogP contribution >= 0.6 is 23.5 Å². The molecule has 10 rings (SSSR count). The molecule has 2 atom stereocenters. The molecule has 0 N–H and O–H groups in total. The second-order valence-electron chi connectivity index (χ2n) is 20.3. The Balaban J connectivity index is 0.000000308. The number of hydrogen-bond donors (Lipinski definition) is 0. The molecule has 8 aromatic rings. The van der Waals surface area contributed by atoms with Gasteiger partial charge in [0.15, 0.2) is 10.3 Å². The van der Waals surface area contributed by atoms with Crippen molar-refractivity contribution < 1.29 is 94.1 Å². The lowest BCUT2D eigenvalue weighted by Gasteiger charge is -2.33. The van der Waals surface area contributed by atoms with E-state index in [0.29, 0.717) is 68.0 Å². The number of alkyl halides is 6. The van der Waals surface area contributed by atoms with Crippen LogP contribution in [0.1, 0.15) is 159 Å². The number of rotatable bonds is 26. The van der Waals surface area contributed by atoms with E-state index in [9.17, 15) is 59.1 Å². The van der Waals surface area contributed by atoms with Crippen molar-refractivity contribution >= 4 is 35.3 Å². The molecule has 2 unspecified atom stereocenters. The maximum Gasteiger partial charge on any atom is 0.416 e. The van der Waals surface area contributed by atoms with Crippen molar-refractivity contribution in [3.63, 3.8) is 0 Å². The third-order valence-corrected chi connectivity index (χ3v) is 16.0. The van der Waals surface area contributed by atoms with Gasteiger partial charge in [-0.2, -0.15) is 36.3 Å². The van der Waals surface area contributed by atoms with Crippen LogP contribution in [0.3, 0.4) is 0 Å². The summed E-state index contributed by atoms with van der Waals surface area (Å²) in [4.78, 5) is 63.9. The van der Waals surface area contributed by atoms with Crippen LogP contribution in [0.4, 0.5) is 35.1 Å². The maximum atomic E-state index is 15.3. The van der Waals surface area contributed by atoms with Crippen molar-refractivity contribution in [1.29, 1.82) is 0 Å². The van der Waals surface area contributed by atoms with E-state index < -0.39 is 281 Å². The highest BCUT2D eigenvalue weighted by Crippen LogP contribution is 2.35. The summed E-state index contributed by atoms with van der Waals surface area (Å²) in [5.41, 5.74) is -10.6. The lowest BCUT2D eigenvalue weighted by molar-refractivity contribution is -0.138. The molecule has 0 fully saturated rings. The second kappa shape index (κ2) is 32.9. The number of hydrogen-bond acceptors (Lipinski definition) is 10. The molecule has 2 aliphatic carbocycles. The van der Waals surface area contributed by atoms with Gasteiger partial charge in [-0.05, 0) is 164 Å². The van der Waals surface area contributed by atoms with E-state index >= 15 is 4.79 Å². The van der Waals surface area contributed by atoms with E-state index in [1.807, 2.05) is 0 Å². The lowest BCUT2D eigenvalue weighted by atomic mass is 9.99. The van der Waals surface area contributed by atoms with Crippen LogP contribution in [0.15, 0.2) is 165 Å². The predicted molar refractivity (Wildman–Crippen MR) is 362 cm³/mol. The molecule has 96 heavy (non-hydrogen) atoms. The minimum atomic E-state index is -5.52. The zero-order valence-corrected chi connectivity index (χ0v) is 53.1. The Hall–Kier alpha value is -7.92.